The van der Waals surface area contributed by atoms with Crippen molar-refractivity contribution in [2.75, 3.05) is 6.54 Å². The second kappa shape index (κ2) is 6.11. The summed E-state index contributed by atoms with van der Waals surface area (Å²) in [6.07, 6.45) is 0.922. The van der Waals surface area contributed by atoms with E-state index in [0.717, 1.165) is 33.0 Å². The second-order valence-electron chi connectivity index (χ2n) is 5.43. The third-order valence-electron chi connectivity index (χ3n) is 2.55. The minimum Gasteiger partial charge on any atom is -0.312 e. The first-order chi connectivity index (χ1) is 8.94. The van der Waals surface area contributed by atoms with Gasteiger partial charge in [0.1, 0.15) is 10.0 Å². The van der Waals surface area contributed by atoms with Crippen molar-refractivity contribution in [3.63, 3.8) is 0 Å². The molecule has 3 nitrogen and oxygen atoms in total. The van der Waals surface area contributed by atoms with Gasteiger partial charge in [-0.05, 0) is 32.9 Å². The smallest absolute Gasteiger partial charge is 0.147 e. The van der Waals surface area contributed by atoms with Crippen LogP contribution < -0.4 is 5.32 Å². The zero-order valence-corrected chi connectivity index (χ0v) is 13.8. The van der Waals surface area contributed by atoms with Crippen LogP contribution in [0.2, 0.25) is 0 Å². The molecule has 1 aromatic carbocycles. The SMILES string of the molecule is CC(C)(C)NCCc1nnc(-c2ccc(Br)cc2)s1. The lowest BCUT2D eigenvalue weighted by atomic mass is 10.1. The van der Waals surface area contributed by atoms with Crippen LogP contribution in [0.1, 0.15) is 25.8 Å². The monoisotopic (exact) mass is 339 g/mol. The summed E-state index contributed by atoms with van der Waals surface area (Å²) in [6, 6.07) is 8.17. The molecule has 5 heteroatoms. The zero-order valence-electron chi connectivity index (χ0n) is 11.4. The third-order valence-corrected chi connectivity index (χ3v) is 4.11. The average Bonchev–Trinajstić information content (AvgIpc) is 2.77. The van der Waals surface area contributed by atoms with Crippen LogP contribution in [0.4, 0.5) is 0 Å². The maximum atomic E-state index is 4.26. The molecule has 19 heavy (non-hydrogen) atoms. The minimum atomic E-state index is 0.152. The van der Waals surface area contributed by atoms with Gasteiger partial charge in [0.05, 0.1) is 0 Å². The predicted octanol–water partition coefficient (Wildman–Crippen LogP) is 3.90. The van der Waals surface area contributed by atoms with Gasteiger partial charge in [-0.3, -0.25) is 0 Å². The molecule has 2 rings (SSSR count). The number of rotatable bonds is 4. The number of nitrogens with zero attached hydrogens (tertiary/aromatic N) is 2. The van der Waals surface area contributed by atoms with Crippen molar-refractivity contribution in [2.24, 2.45) is 0 Å². The van der Waals surface area contributed by atoms with Crippen LogP contribution in [-0.2, 0) is 6.42 Å². The van der Waals surface area contributed by atoms with Gasteiger partial charge in [-0.15, -0.1) is 10.2 Å². The van der Waals surface area contributed by atoms with E-state index in [1.54, 1.807) is 11.3 Å². The summed E-state index contributed by atoms with van der Waals surface area (Å²) in [5.41, 5.74) is 1.27. The van der Waals surface area contributed by atoms with E-state index in [2.05, 4.69) is 64.3 Å². The molecule has 2 aromatic rings. The van der Waals surface area contributed by atoms with E-state index in [1.807, 2.05) is 12.1 Å². The Morgan fingerprint density at radius 1 is 1.16 bits per heavy atom. The molecule has 0 amide bonds. The normalized spacial score (nSPS) is 11.8. The Morgan fingerprint density at radius 2 is 1.84 bits per heavy atom. The molecule has 0 aliphatic rings. The summed E-state index contributed by atoms with van der Waals surface area (Å²) in [5.74, 6) is 0. The van der Waals surface area contributed by atoms with Crippen molar-refractivity contribution in [3.8, 4) is 10.6 Å². The largest absolute Gasteiger partial charge is 0.312 e. The first kappa shape index (κ1) is 14.6. The van der Waals surface area contributed by atoms with Crippen LogP contribution in [0.5, 0.6) is 0 Å². The van der Waals surface area contributed by atoms with Crippen LogP contribution in [0, 0.1) is 0 Å². The predicted molar refractivity (Wildman–Crippen MR) is 84.5 cm³/mol. The number of hydrogen-bond donors (Lipinski definition) is 1. The molecule has 0 bridgehead atoms. The van der Waals surface area contributed by atoms with Gasteiger partial charge in [0, 0.05) is 28.5 Å². The van der Waals surface area contributed by atoms with Gasteiger partial charge in [0.2, 0.25) is 0 Å². The van der Waals surface area contributed by atoms with Gasteiger partial charge in [-0.1, -0.05) is 39.4 Å². The molecule has 0 saturated carbocycles. The Labute approximate surface area is 126 Å². The lowest BCUT2D eigenvalue weighted by Gasteiger charge is -2.19. The minimum absolute atomic E-state index is 0.152. The van der Waals surface area contributed by atoms with E-state index in [9.17, 15) is 0 Å². The molecule has 1 aromatic heterocycles. The summed E-state index contributed by atoms with van der Waals surface area (Å²) in [5, 5.41) is 14.0. The average molecular weight is 340 g/mol. The summed E-state index contributed by atoms with van der Waals surface area (Å²) in [4.78, 5) is 0. The first-order valence-electron chi connectivity index (χ1n) is 6.27. The fourth-order valence-electron chi connectivity index (χ4n) is 1.61. The van der Waals surface area contributed by atoms with Crippen molar-refractivity contribution in [1.82, 2.24) is 15.5 Å². The highest BCUT2D eigenvalue weighted by Crippen LogP contribution is 2.25. The number of benzene rings is 1. The zero-order chi connectivity index (χ0) is 13.9. The van der Waals surface area contributed by atoms with E-state index in [-0.39, 0.29) is 5.54 Å². The lowest BCUT2D eigenvalue weighted by Crippen LogP contribution is -2.37. The summed E-state index contributed by atoms with van der Waals surface area (Å²) in [7, 11) is 0. The molecular formula is C14H18BrN3S. The van der Waals surface area contributed by atoms with E-state index < -0.39 is 0 Å². The Morgan fingerprint density at radius 3 is 2.47 bits per heavy atom. The van der Waals surface area contributed by atoms with E-state index in [0.29, 0.717) is 0 Å². The van der Waals surface area contributed by atoms with Gasteiger partial charge >= 0.3 is 0 Å². The summed E-state index contributed by atoms with van der Waals surface area (Å²) in [6.45, 7) is 7.43. The van der Waals surface area contributed by atoms with Gasteiger partial charge in [0.15, 0.2) is 0 Å². The Kier molecular flexibility index (Phi) is 4.71. The second-order valence-corrected chi connectivity index (χ2v) is 7.41. The van der Waals surface area contributed by atoms with Crippen LogP contribution in [0.15, 0.2) is 28.7 Å². The van der Waals surface area contributed by atoms with Crippen LogP contribution in [0.25, 0.3) is 10.6 Å². The van der Waals surface area contributed by atoms with Gasteiger partial charge in [-0.2, -0.15) is 0 Å². The molecule has 1 N–H and O–H groups in total. The third kappa shape index (κ3) is 4.67. The van der Waals surface area contributed by atoms with Crippen molar-refractivity contribution in [2.45, 2.75) is 32.7 Å². The molecule has 0 unspecified atom stereocenters. The standard InChI is InChI=1S/C14H18BrN3S/c1-14(2,3)16-9-8-12-17-18-13(19-12)10-4-6-11(15)7-5-10/h4-7,16H,8-9H2,1-3H3. The Hall–Kier alpha value is -0.780. The van der Waals surface area contributed by atoms with Crippen molar-refractivity contribution < 1.29 is 0 Å². The van der Waals surface area contributed by atoms with Gasteiger partial charge < -0.3 is 5.32 Å². The molecule has 1 heterocycles. The maximum Gasteiger partial charge on any atom is 0.147 e. The first-order valence-corrected chi connectivity index (χ1v) is 7.88. The fourth-order valence-corrected chi connectivity index (χ4v) is 2.72. The Bertz CT molecular complexity index is 528. The van der Waals surface area contributed by atoms with Crippen molar-refractivity contribution >= 4 is 27.3 Å². The van der Waals surface area contributed by atoms with Crippen LogP contribution in [0.3, 0.4) is 0 Å². The van der Waals surface area contributed by atoms with E-state index in [4.69, 9.17) is 0 Å². The van der Waals surface area contributed by atoms with Gasteiger partial charge in [-0.25, -0.2) is 0 Å². The molecular weight excluding hydrogens is 322 g/mol. The summed E-state index contributed by atoms with van der Waals surface area (Å²) < 4.78 is 1.08. The van der Waals surface area contributed by atoms with Gasteiger partial charge in [0.25, 0.3) is 0 Å². The number of aromatic nitrogens is 2. The molecule has 0 saturated heterocycles. The number of hydrogen-bond acceptors (Lipinski definition) is 4. The number of halogens is 1. The van der Waals surface area contributed by atoms with Crippen LogP contribution >= 0.6 is 27.3 Å². The summed E-state index contributed by atoms with van der Waals surface area (Å²) >= 11 is 5.10. The highest BCUT2D eigenvalue weighted by atomic mass is 79.9. The number of nitrogens with one attached hydrogen (secondary N) is 1. The molecule has 0 aliphatic heterocycles. The van der Waals surface area contributed by atoms with E-state index >= 15 is 0 Å². The molecule has 0 aliphatic carbocycles. The van der Waals surface area contributed by atoms with Crippen molar-refractivity contribution in [3.05, 3.63) is 33.7 Å². The van der Waals surface area contributed by atoms with Crippen molar-refractivity contribution in [1.29, 1.82) is 0 Å². The molecule has 0 atom stereocenters. The highest BCUT2D eigenvalue weighted by molar-refractivity contribution is 9.10. The topological polar surface area (TPSA) is 37.8 Å². The maximum absolute atomic E-state index is 4.26. The highest BCUT2D eigenvalue weighted by Gasteiger charge is 2.10. The van der Waals surface area contributed by atoms with Crippen LogP contribution in [-0.4, -0.2) is 22.3 Å². The molecule has 102 valence electrons. The van der Waals surface area contributed by atoms with E-state index in [1.165, 1.54) is 0 Å². The fraction of sp³-hybridized carbons (Fsp3) is 0.429. The molecule has 0 spiro atoms. The Balaban J connectivity index is 1.97. The quantitative estimate of drug-likeness (QED) is 0.917. The lowest BCUT2D eigenvalue weighted by molar-refractivity contribution is 0.429. The molecule has 0 radical (unpaired) electrons. The molecule has 0 fully saturated rings.